The summed E-state index contributed by atoms with van der Waals surface area (Å²) in [6.07, 6.45) is 1.60. The van der Waals surface area contributed by atoms with E-state index in [1.165, 1.54) is 0 Å². The number of thiazole rings is 1. The zero-order chi connectivity index (χ0) is 9.68. The molecule has 13 heavy (non-hydrogen) atoms. The lowest BCUT2D eigenvalue weighted by atomic mass is 10.2. The van der Waals surface area contributed by atoms with Gasteiger partial charge in [-0.15, -0.1) is 11.3 Å². The van der Waals surface area contributed by atoms with Crippen LogP contribution in [0.15, 0.2) is 5.38 Å². The Hall–Kier alpha value is -0.610. The summed E-state index contributed by atoms with van der Waals surface area (Å²) in [5.74, 6) is 0. The first-order chi connectivity index (χ1) is 6.22. The van der Waals surface area contributed by atoms with Gasteiger partial charge in [0.15, 0.2) is 5.13 Å². The number of nitrogens with one attached hydrogen (secondary N) is 1. The van der Waals surface area contributed by atoms with Gasteiger partial charge >= 0.3 is 0 Å². The molecule has 0 radical (unpaired) electrons. The van der Waals surface area contributed by atoms with Gasteiger partial charge in [0.1, 0.15) is 0 Å². The molecule has 0 aromatic carbocycles. The van der Waals surface area contributed by atoms with Crippen LogP contribution in [-0.2, 0) is 0 Å². The minimum absolute atomic E-state index is 0.255. The van der Waals surface area contributed by atoms with E-state index < -0.39 is 0 Å². The second-order valence-corrected chi connectivity index (χ2v) is 3.98. The summed E-state index contributed by atoms with van der Waals surface area (Å²) in [7, 11) is 0. The van der Waals surface area contributed by atoms with Crippen LogP contribution in [0.25, 0.3) is 0 Å². The Morgan fingerprint density at radius 1 is 1.69 bits per heavy atom. The molecule has 0 aliphatic rings. The summed E-state index contributed by atoms with van der Waals surface area (Å²) in [5, 5.41) is 15.4. The fraction of sp³-hybridized carbons (Fsp3) is 0.667. The third-order valence-corrected chi connectivity index (χ3v) is 2.65. The van der Waals surface area contributed by atoms with Crippen molar-refractivity contribution in [2.24, 2.45) is 0 Å². The van der Waals surface area contributed by atoms with Gasteiger partial charge in [-0.2, -0.15) is 0 Å². The largest absolute Gasteiger partial charge is 0.391 e. The second kappa shape index (κ2) is 5.19. The lowest BCUT2D eigenvalue weighted by molar-refractivity contribution is 0.176. The number of aliphatic hydroxyl groups is 1. The quantitative estimate of drug-likeness (QED) is 0.764. The van der Waals surface area contributed by atoms with Gasteiger partial charge in [-0.25, -0.2) is 4.98 Å². The van der Waals surface area contributed by atoms with E-state index in [4.69, 9.17) is 0 Å². The smallest absolute Gasteiger partial charge is 0.182 e. The minimum Gasteiger partial charge on any atom is -0.391 e. The first-order valence-corrected chi connectivity index (χ1v) is 5.44. The fourth-order valence-electron chi connectivity index (χ4n) is 1.08. The molecule has 1 aromatic heterocycles. The Bertz CT molecular complexity index is 250. The van der Waals surface area contributed by atoms with E-state index in [2.05, 4.69) is 17.2 Å². The summed E-state index contributed by atoms with van der Waals surface area (Å²) in [6, 6.07) is 0. The number of anilines is 1. The summed E-state index contributed by atoms with van der Waals surface area (Å²) in [5.41, 5.74) is 1.03. The number of aryl methyl sites for hydroxylation is 1. The maximum atomic E-state index is 9.43. The summed E-state index contributed by atoms with van der Waals surface area (Å²) in [6.45, 7) is 4.63. The maximum Gasteiger partial charge on any atom is 0.182 e. The molecule has 0 aliphatic heterocycles. The number of rotatable bonds is 5. The van der Waals surface area contributed by atoms with Crippen molar-refractivity contribution in [1.82, 2.24) is 4.98 Å². The topological polar surface area (TPSA) is 45.1 Å². The van der Waals surface area contributed by atoms with E-state index in [9.17, 15) is 5.11 Å². The molecule has 0 aliphatic carbocycles. The first kappa shape index (κ1) is 10.5. The first-order valence-electron chi connectivity index (χ1n) is 4.56. The predicted octanol–water partition coefficient (Wildman–Crippen LogP) is 2.02. The van der Waals surface area contributed by atoms with Crippen molar-refractivity contribution >= 4 is 16.5 Å². The van der Waals surface area contributed by atoms with Crippen molar-refractivity contribution in [3.63, 3.8) is 0 Å². The Kier molecular flexibility index (Phi) is 4.18. The van der Waals surface area contributed by atoms with Gasteiger partial charge in [0.2, 0.25) is 0 Å². The van der Waals surface area contributed by atoms with Gasteiger partial charge in [-0.1, -0.05) is 13.3 Å². The lowest BCUT2D eigenvalue weighted by Gasteiger charge is -2.08. The Morgan fingerprint density at radius 3 is 3.00 bits per heavy atom. The monoisotopic (exact) mass is 200 g/mol. The van der Waals surface area contributed by atoms with Crippen LogP contribution in [0.3, 0.4) is 0 Å². The van der Waals surface area contributed by atoms with E-state index in [0.29, 0.717) is 6.54 Å². The highest BCUT2D eigenvalue weighted by molar-refractivity contribution is 7.13. The summed E-state index contributed by atoms with van der Waals surface area (Å²) < 4.78 is 0. The normalized spacial score (nSPS) is 12.8. The Balaban J connectivity index is 2.26. The molecule has 4 heteroatoms. The van der Waals surface area contributed by atoms with Gasteiger partial charge in [0.05, 0.1) is 11.8 Å². The maximum absolute atomic E-state index is 9.43. The molecule has 0 saturated carbocycles. The fourth-order valence-corrected chi connectivity index (χ4v) is 1.77. The van der Waals surface area contributed by atoms with E-state index in [-0.39, 0.29) is 6.10 Å². The third kappa shape index (κ3) is 3.74. The third-order valence-electron chi connectivity index (χ3n) is 1.73. The van der Waals surface area contributed by atoms with Crippen molar-refractivity contribution in [3.8, 4) is 0 Å². The number of aromatic nitrogens is 1. The van der Waals surface area contributed by atoms with Crippen LogP contribution in [0, 0.1) is 6.92 Å². The molecule has 2 N–H and O–H groups in total. The van der Waals surface area contributed by atoms with Crippen LogP contribution in [0.1, 0.15) is 25.5 Å². The van der Waals surface area contributed by atoms with Crippen LogP contribution in [-0.4, -0.2) is 22.7 Å². The van der Waals surface area contributed by atoms with Gasteiger partial charge in [0.25, 0.3) is 0 Å². The molecule has 0 bridgehead atoms. The highest BCUT2D eigenvalue weighted by atomic mass is 32.1. The number of hydrogen-bond donors (Lipinski definition) is 2. The van der Waals surface area contributed by atoms with Crippen molar-refractivity contribution < 1.29 is 5.11 Å². The van der Waals surface area contributed by atoms with Gasteiger partial charge in [0, 0.05) is 11.9 Å². The number of aliphatic hydroxyl groups excluding tert-OH is 1. The van der Waals surface area contributed by atoms with Gasteiger partial charge < -0.3 is 10.4 Å². The van der Waals surface area contributed by atoms with Crippen LogP contribution in [0.2, 0.25) is 0 Å². The van der Waals surface area contributed by atoms with Crippen molar-refractivity contribution in [2.45, 2.75) is 32.8 Å². The molecule has 1 heterocycles. The number of nitrogens with zero attached hydrogens (tertiary/aromatic N) is 1. The van der Waals surface area contributed by atoms with E-state index in [1.54, 1.807) is 11.3 Å². The van der Waals surface area contributed by atoms with E-state index in [0.717, 1.165) is 23.7 Å². The van der Waals surface area contributed by atoms with E-state index in [1.807, 2.05) is 12.3 Å². The van der Waals surface area contributed by atoms with Crippen molar-refractivity contribution in [1.29, 1.82) is 0 Å². The van der Waals surface area contributed by atoms with Gasteiger partial charge in [-0.05, 0) is 13.3 Å². The average molecular weight is 200 g/mol. The molecular formula is C9H16N2OS. The molecule has 1 aromatic rings. The molecular weight excluding hydrogens is 184 g/mol. The molecule has 0 saturated heterocycles. The van der Waals surface area contributed by atoms with E-state index >= 15 is 0 Å². The minimum atomic E-state index is -0.255. The highest BCUT2D eigenvalue weighted by Crippen LogP contribution is 2.14. The molecule has 0 spiro atoms. The van der Waals surface area contributed by atoms with Crippen molar-refractivity contribution in [2.75, 3.05) is 11.9 Å². The predicted molar refractivity (Wildman–Crippen MR) is 56.3 cm³/mol. The second-order valence-electron chi connectivity index (χ2n) is 3.12. The number of hydrogen-bond acceptors (Lipinski definition) is 4. The van der Waals surface area contributed by atoms with Crippen LogP contribution in [0.4, 0.5) is 5.13 Å². The standard InChI is InChI=1S/C9H16N2OS/c1-3-4-8(12)5-10-9-11-7(2)6-13-9/h6,8,12H,3-5H2,1-2H3,(H,10,11). The van der Waals surface area contributed by atoms with Crippen LogP contribution < -0.4 is 5.32 Å². The Morgan fingerprint density at radius 2 is 2.46 bits per heavy atom. The van der Waals surface area contributed by atoms with Crippen LogP contribution in [0.5, 0.6) is 0 Å². The zero-order valence-electron chi connectivity index (χ0n) is 8.08. The molecule has 1 unspecified atom stereocenters. The van der Waals surface area contributed by atoms with Crippen LogP contribution >= 0.6 is 11.3 Å². The lowest BCUT2D eigenvalue weighted by Crippen LogP contribution is -2.18. The molecule has 74 valence electrons. The molecule has 0 amide bonds. The molecule has 1 atom stereocenters. The highest BCUT2D eigenvalue weighted by Gasteiger charge is 2.03. The molecule has 3 nitrogen and oxygen atoms in total. The van der Waals surface area contributed by atoms with Crippen molar-refractivity contribution in [3.05, 3.63) is 11.1 Å². The Labute approximate surface area is 82.8 Å². The summed E-state index contributed by atoms with van der Waals surface area (Å²) >= 11 is 1.58. The molecule has 0 fully saturated rings. The SMILES string of the molecule is CCCC(O)CNc1nc(C)cs1. The zero-order valence-corrected chi connectivity index (χ0v) is 8.90. The van der Waals surface area contributed by atoms with Gasteiger partial charge in [-0.3, -0.25) is 0 Å². The molecule has 1 rings (SSSR count). The average Bonchev–Trinajstić information content (AvgIpc) is 2.49. The summed E-state index contributed by atoms with van der Waals surface area (Å²) in [4.78, 5) is 4.24.